The van der Waals surface area contributed by atoms with Crippen LogP contribution in [-0.2, 0) is 12.7 Å². The maximum atomic E-state index is 12.9. The van der Waals surface area contributed by atoms with Gasteiger partial charge in [-0.25, -0.2) is 15.0 Å². The van der Waals surface area contributed by atoms with Crippen LogP contribution in [0.2, 0.25) is 0 Å². The minimum atomic E-state index is -4.35. The van der Waals surface area contributed by atoms with Gasteiger partial charge in [-0.1, -0.05) is 12.1 Å². The number of hydrogen-bond donors (Lipinski definition) is 1. The highest BCUT2D eigenvalue weighted by Gasteiger charge is 2.30. The molecular formula is C19H23F3N6. The van der Waals surface area contributed by atoms with Crippen molar-refractivity contribution in [3.8, 4) is 0 Å². The van der Waals surface area contributed by atoms with Gasteiger partial charge in [0.1, 0.15) is 0 Å². The lowest BCUT2D eigenvalue weighted by Crippen LogP contribution is -2.52. The lowest BCUT2D eigenvalue weighted by Gasteiger charge is -2.36. The molecule has 1 saturated heterocycles. The van der Waals surface area contributed by atoms with Crippen LogP contribution in [0.15, 0.2) is 47.7 Å². The molecule has 0 atom stereocenters. The van der Waals surface area contributed by atoms with E-state index < -0.39 is 11.7 Å². The maximum absolute atomic E-state index is 12.9. The fourth-order valence-electron chi connectivity index (χ4n) is 3.01. The van der Waals surface area contributed by atoms with Crippen LogP contribution in [-0.4, -0.2) is 53.6 Å². The average Bonchev–Trinajstić information content (AvgIpc) is 2.71. The number of guanidine groups is 1. The van der Waals surface area contributed by atoms with Gasteiger partial charge in [0.15, 0.2) is 5.96 Å². The van der Waals surface area contributed by atoms with Gasteiger partial charge in [-0.2, -0.15) is 13.2 Å². The Balaban J connectivity index is 1.65. The standard InChI is InChI=1S/C19H23F3N6/c1-2-23-17(26-14-15-5-3-6-16(13-15)19(20,21)22)27-9-11-28(12-10-27)18-24-7-4-8-25-18/h3-8,13H,2,9-12,14H2,1H3,(H,23,26). The number of anilines is 1. The van der Waals surface area contributed by atoms with Crippen molar-refractivity contribution in [2.75, 3.05) is 37.6 Å². The molecule has 6 nitrogen and oxygen atoms in total. The molecule has 0 aliphatic carbocycles. The molecule has 150 valence electrons. The zero-order valence-electron chi connectivity index (χ0n) is 15.7. The zero-order valence-corrected chi connectivity index (χ0v) is 15.7. The van der Waals surface area contributed by atoms with Crippen molar-refractivity contribution in [3.63, 3.8) is 0 Å². The molecule has 0 amide bonds. The molecule has 0 radical (unpaired) electrons. The lowest BCUT2D eigenvalue weighted by atomic mass is 10.1. The van der Waals surface area contributed by atoms with E-state index >= 15 is 0 Å². The molecule has 9 heteroatoms. The first kappa shape index (κ1) is 19.9. The van der Waals surface area contributed by atoms with Crippen LogP contribution in [0.1, 0.15) is 18.1 Å². The Hall–Kier alpha value is -2.84. The summed E-state index contributed by atoms with van der Waals surface area (Å²) in [6.45, 7) is 5.79. The predicted molar refractivity (Wildman–Crippen MR) is 102 cm³/mol. The second-order valence-corrected chi connectivity index (χ2v) is 6.39. The number of piperazine rings is 1. The van der Waals surface area contributed by atoms with Gasteiger partial charge in [-0.3, -0.25) is 0 Å². The van der Waals surface area contributed by atoms with Crippen LogP contribution >= 0.6 is 0 Å². The summed E-state index contributed by atoms with van der Waals surface area (Å²) in [7, 11) is 0. The van der Waals surface area contributed by atoms with Crippen molar-refractivity contribution < 1.29 is 13.2 Å². The van der Waals surface area contributed by atoms with E-state index in [4.69, 9.17) is 0 Å². The molecule has 1 aromatic carbocycles. The molecule has 1 N–H and O–H groups in total. The Bertz CT molecular complexity index is 786. The van der Waals surface area contributed by atoms with E-state index in [2.05, 4.69) is 30.1 Å². The van der Waals surface area contributed by atoms with Gasteiger partial charge in [-0.15, -0.1) is 0 Å². The number of benzene rings is 1. The number of nitrogens with one attached hydrogen (secondary N) is 1. The number of rotatable bonds is 4. The predicted octanol–water partition coefficient (Wildman–Crippen LogP) is 2.78. The highest BCUT2D eigenvalue weighted by atomic mass is 19.4. The van der Waals surface area contributed by atoms with Gasteiger partial charge in [0.25, 0.3) is 0 Å². The van der Waals surface area contributed by atoms with E-state index in [9.17, 15) is 13.2 Å². The third-order valence-electron chi connectivity index (χ3n) is 4.41. The van der Waals surface area contributed by atoms with Crippen molar-refractivity contribution in [1.29, 1.82) is 0 Å². The second kappa shape index (κ2) is 8.90. The summed E-state index contributed by atoms with van der Waals surface area (Å²) in [5, 5.41) is 3.23. The fraction of sp³-hybridized carbons (Fsp3) is 0.421. The van der Waals surface area contributed by atoms with Crippen LogP contribution in [0, 0.1) is 0 Å². The SMILES string of the molecule is CCNC(=NCc1cccc(C(F)(F)F)c1)N1CCN(c2ncccn2)CC1. The Morgan fingerprint density at radius 2 is 1.82 bits per heavy atom. The lowest BCUT2D eigenvalue weighted by molar-refractivity contribution is -0.137. The summed E-state index contributed by atoms with van der Waals surface area (Å²) in [5.41, 5.74) is -0.122. The monoisotopic (exact) mass is 392 g/mol. The Kier molecular flexibility index (Phi) is 6.33. The molecule has 0 unspecified atom stereocenters. The fourth-order valence-corrected chi connectivity index (χ4v) is 3.01. The van der Waals surface area contributed by atoms with Crippen LogP contribution in [0.4, 0.5) is 19.1 Å². The maximum Gasteiger partial charge on any atom is 0.416 e. The molecular weight excluding hydrogens is 369 g/mol. The van der Waals surface area contributed by atoms with E-state index in [1.807, 2.05) is 6.92 Å². The number of aromatic nitrogens is 2. The van der Waals surface area contributed by atoms with Gasteiger partial charge in [0.05, 0.1) is 12.1 Å². The number of aliphatic imine (C=N–C) groups is 1. The largest absolute Gasteiger partial charge is 0.416 e. The Labute approximate surface area is 162 Å². The average molecular weight is 392 g/mol. The Morgan fingerprint density at radius 3 is 2.46 bits per heavy atom. The summed E-state index contributed by atoms with van der Waals surface area (Å²) in [5.74, 6) is 1.40. The van der Waals surface area contributed by atoms with Gasteiger partial charge < -0.3 is 15.1 Å². The minimum Gasteiger partial charge on any atom is -0.357 e. The van der Waals surface area contributed by atoms with Crippen molar-refractivity contribution in [2.45, 2.75) is 19.6 Å². The van der Waals surface area contributed by atoms with Crippen LogP contribution in [0.25, 0.3) is 0 Å². The van der Waals surface area contributed by atoms with E-state index in [1.54, 1.807) is 24.5 Å². The van der Waals surface area contributed by atoms with E-state index in [-0.39, 0.29) is 6.54 Å². The summed E-state index contributed by atoms with van der Waals surface area (Å²) in [4.78, 5) is 17.3. The molecule has 0 bridgehead atoms. The van der Waals surface area contributed by atoms with Gasteiger partial charge in [0, 0.05) is 45.1 Å². The highest BCUT2D eigenvalue weighted by Crippen LogP contribution is 2.29. The first-order chi connectivity index (χ1) is 13.5. The van der Waals surface area contributed by atoms with Crippen molar-refractivity contribution in [3.05, 3.63) is 53.9 Å². The quantitative estimate of drug-likeness (QED) is 0.641. The molecule has 1 aliphatic rings. The molecule has 1 fully saturated rings. The molecule has 1 aromatic heterocycles. The number of nitrogens with zero attached hydrogens (tertiary/aromatic N) is 5. The second-order valence-electron chi connectivity index (χ2n) is 6.39. The Morgan fingerprint density at radius 1 is 1.11 bits per heavy atom. The molecule has 3 rings (SSSR count). The molecule has 1 aliphatic heterocycles. The normalized spacial score (nSPS) is 15.6. The molecule has 0 saturated carbocycles. The number of alkyl halides is 3. The molecule has 0 spiro atoms. The zero-order chi connectivity index (χ0) is 20.0. The van der Waals surface area contributed by atoms with Gasteiger partial charge >= 0.3 is 6.18 Å². The van der Waals surface area contributed by atoms with E-state index in [0.29, 0.717) is 24.0 Å². The summed E-state index contributed by atoms with van der Waals surface area (Å²) < 4.78 is 38.7. The van der Waals surface area contributed by atoms with Gasteiger partial charge in [0.2, 0.25) is 5.95 Å². The first-order valence-corrected chi connectivity index (χ1v) is 9.18. The highest BCUT2D eigenvalue weighted by molar-refractivity contribution is 5.80. The molecule has 28 heavy (non-hydrogen) atoms. The van der Waals surface area contributed by atoms with E-state index in [0.717, 1.165) is 38.3 Å². The number of halogens is 3. The summed E-state index contributed by atoms with van der Waals surface area (Å²) >= 11 is 0. The summed E-state index contributed by atoms with van der Waals surface area (Å²) in [6, 6.07) is 7.08. The van der Waals surface area contributed by atoms with Crippen molar-refractivity contribution in [1.82, 2.24) is 20.2 Å². The van der Waals surface area contributed by atoms with Crippen LogP contribution < -0.4 is 10.2 Å². The smallest absolute Gasteiger partial charge is 0.357 e. The molecule has 2 heterocycles. The minimum absolute atomic E-state index is 0.189. The van der Waals surface area contributed by atoms with Crippen molar-refractivity contribution >= 4 is 11.9 Å². The third-order valence-corrected chi connectivity index (χ3v) is 4.41. The third kappa shape index (κ3) is 5.11. The van der Waals surface area contributed by atoms with Crippen LogP contribution in [0.5, 0.6) is 0 Å². The first-order valence-electron chi connectivity index (χ1n) is 9.18. The topological polar surface area (TPSA) is 56.7 Å². The van der Waals surface area contributed by atoms with Crippen LogP contribution in [0.3, 0.4) is 0 Å². The molecule has 2 aromatic rings. The summed E-state index contributed by atoms with van der Waals surface area (Å²) in [6.07, 6.45) is -0.912. The number of hydrogen-bond acceptors (Lipinski definition) is 4. The van der Waals surface area contributed by atoms with Crippen molar-refractivity contribution in [2.24, 2.45) is 4.99 Å². The van der Waals surface area contributed by atoms with E-state index in [1.165, 1.54) is 6.07 Å². The van der Waals surface area contributed by atoms with Gasteiger partial charge in [-0.05, 0) is 30.7 Å².